The molecule has 0 heterocycles. The molecule has 0 N–H and O–H groups in total. The fourth-order valence-electron chi connectivity index (χ4n) is 1.87. The van der Waals surface area contributed by atoms with E-state index >= 15 is 0 Å². The van der Waals surface area contributed by atoms with Crippen LogP contribution in [0.5, 0.6) is 17.2 Å². The molecule has 0 spiro atoms. The fourth-order valence-corrected chi connectivity index (χ4v) is 3.90. The maximum absolute atomic E-state index is 12.5. The van der Waals surface area contributed by atoms with E-state index in [4.69, 9.17) is 25.3 Å². The minimum atomic E-state index is -4.06. The van der Waals surface area contributed by atoms with Gasteiger partial charge >= 0.3 is 10.1 Å². The van der Waals surface area contributed by atoms with E-state index in [-0.39, 0.29) is 16.4 Å². The van der Waals surface area contributed by atoms with Crippen LogP contribution in [0.25, 0.3) is 0 Å². The number of rotatable bonds is 5. The second kappa shape index (κ2) is 6.98. The Bertz CT molecular complexity index is 836. The van der Waals surface area contributed by atoms with E-state index in [1.54, 1.807) is 19.1 Å². The number of benzene rings is 2. The molecule has 0 aliphatic rings. The lowest BCUT2D eigenvalue weighted by Crippen LogP contribution is -2.11. The number of ether oxygens (including phenoxy) is 2. The molecule has 0 aliphatic carbocycles. The third-order valence-electron chi connectivity index (χ3n) is 3.04. The molecule has 23 heavy (non-hydrogen) atoms. The quantitative estimate of drug-likeness (QED) is 0.677. The molecule has 0 aromatic heterocycles. The summed E-state index contributed by atoms with van der Waals surface area (Å²) >= 11 is 9.13. The smallest absolute Gasteiger partial charge is 0.340 e. The van der Waals surface area contributed by atoms with Gasteiger partial charge in [-0.3, -0.25) is 0 Å². The first-order valence-electron chi connectivity index (χ1n) is 6.40. The highest BCUT2D eigenvalue weighted by molar-refractivity contribution is 9.10. The number of aryl methyl sites for hydroxylation is 1. The average Bonchev–Trinajstić information content (AvgIpc) is 2.50. The van der Waals surface area contributed by atoms with Crippen LogP contribution < -0.4 is 13.7 Å². The van der Waals surface area contributed by atoms with Crippen molar-refractivity contribution in [3.05, 3.63) is 45.4 Å². The molecule has 0 saturated carbocycles. The van der Waals surface area contributed by atoms with E-state index in [0.29, 0.717) is 20.8 Å². The summed E-state index contributed by atoms with van der Waals surface area (Å²) in [5.74, 6) is 0.861. The predicted octanol–water partition coefficient (Wildman–Crippen LogP) is 4.20. The standard InChI is InChI=1S/C15H14BrClO5S/c1-9-6-10(4-5-12(9)17)22-23(18,19)15-8-14(21-3)13(20-2)7-11(15)16/h4-8H,1-3H3. The van der Waals surface area contributed by atoms with Crippen LogP contribution in [0.3, 0.4) is 0 Å². The van der Waals surface area contributed by atoms with Crippen LogP contribution in [0, 0.1) is 6.92 Å². The van der Waals surface area contributed by atoms with Crippen molar-refractivity contribution in [2.45, 2.75) is 11.8 Å². The van der Waals surface area contributed by atoms with Gasteiger partial charge in [0.05, 0.1) is 14.2 Å². The van der Waals surface area contributed by atoms with E-state index in [0.717, 1.165) is 0 Å². The van der Waals surface area contributed by atoms with Crippen molar-refractivity contribution in [3.63, 3.8) is 0 Å². The fraction of sp³-hybridized carbons (Fsp3) is 0.200. The van der Waals surface area contributed by atoms with Crippen LogP contribution in [0.15, 0.2) is 39.7 Å². The van der Waals surface area contributed by atoms with E-state index in [9.17, 15) is 8.42 Å². The molecule has 2 aromatic carbocycles. The van der Waals surface area contributed by atoms with Crippen molar-refractivity contribution in [3.8, 4) is 17.2 Å². The molecule has 124 valence electrons. The number of methoxy groups -OCH3 is 2. The zero-order chi connectivity index (χ0) is 17.2. The lowest BCUT2D eigenvalue weighted by Gasteiger charge is -2.13. The monoisotopic (exact) mass is 420 g/mol. The molecular formula is C15H14BrClO5S. The minimum Gasteiger partial charge on any atom is -0.493 e. The normalized spacial score (nSPS) is 11.2. The Kier molecular flexibility index (Phi) is 5.44. The van der Waals surface area contributed by atoms with Gasteiger partial charge in [-0.05, 0) is 52.7 Å². The van der Waals surface area contributed by atoms with Gasteiger partial charge in [0.2, 0.25) is 0 Å². The van der Waals surface area contributed by atoms with Crippen LogP contribution in [0.4, 0.5) is 0 Å². The molecule has 0 aliphatic heterocycles. The average molecular weight is 422 g/mol. The van der Waals surface area contributed by atoms with E-state index in [1.165, 1.54) is 32.4 Å². The molecule has 0 atom stereocenters. The molecular weight excluding hydrogens is 408 g/mol. The van der Waals surface area contributed by atoms with Gasteiger partial charge in [0.1, 0.15) is 10.6 Å². The summed E-state index contributed by atoms with van der Waals surface area (Å²) in [7, 11) is -1.17. The van der Waals surface area contributed by atoms with Gasteiger partial charge in [-0.1, -0.05) is 11.6 Å². The van der Waals surface area contributed by atoms with Crippen molar-refractivity contribution < 1.29 is 22.1 Å². The van der Waals surface area contributed by atoms with E-state index in [1.807, 2.05) is 0 Å². The molecule has 8 heteroatoms. The van der Waals surface area contributed by atoms with E-state index < -0.39 is 10.1 Å². The Morgan fingerprint density at radius 1 is 1.04 bits per heavy atom. The van der Waals surface area contributed by atoms with Gasteiger partial charge in [-0.15, -0.1) is 0 Å². The van der Waals surface area contributed by atoms with Crippen LogP contribution in [-0.4, -0.2) is 22.6 Å². The molecule has 2 aromatic rings. The molecule has 0 fully saturated rings. The van der Waals surface area contributed by atoms with Gasteiger partial charge < -0.3 is 13.7 Å². The number of hydrogen-bond acceptors (Lipinski definition) is 5. The van der Waals surface area contributed by atoms with E-state index in [2.05, 4.69) is 15.9 Å². The maximum Gasteiger partial charge on any atom is 0.340 e. The van der Waals surface area contributed by atoms with Gasteiger partial charge in [-0.2, -0.15) is 8.42 Å². The Morgan fingerprint density at radius 3 is 2.22 bits per heavy atom. The van der Waals surface area contributed by atoms with Crippen LogP contribution in [0.2, 0.25) is 5.02 Å². The Morgan fingerprint density at radius 2 is 1.65 bits per heavy atom. The highest BCUT2D eigenvalue weighted by atomic mass is 79.9. The second-order valence-electron chi connectivity index (χ2n) is 4.59. The third-order valence-corrected chi connectivity index (χ3v) is 5.67. The van der Waals surface area contributed by atoms with Crippen molar-refractivity contribution in [2.75, 3.05) is 14.2 Å². The minimum absolute atomic E-state index is 0.0669. The number of hydrogen-bond donors (Lipinski definition) is 0. The summed E-state index contributed by atoms with van der Waals surface area (Å²) in [6.45, 7) is 1.76. The highest BCUT2D eigenvalue weighted by Crippen LogP contribution is 2.36. The Balaban J connectivity index is 2.45. The molecule has 0 saturated heterocycles. The Hall–Kier alpha value is -1.44. The summed E-state index contributed by atoms with van der Waals surface area (Å²) in [4.78, 5) is -0.0669. The van der Waals surface area contributed by atoms with Crippen molar-refractivity contribution in [1.82, 2.24) is 0 Å². The number of halogens is 2. The first-order valence-corrected chi connectivity index (χ1v) is 8.98. The van der Waals surface area contributed by atoms with Gasteiger partial charge in [0, 0.05) is 15.6 Å². The molecule has 0 bridgehead atoms. The first kappa shape index (κ1) is 17.9. The lowest BCUT2D eigenvalue weighted by molar-refractivity contribution is 0.353. The molecule has 0 unspecified atom stereocenters. The predicted molar refractivity (Wildman–Crippen MR) is 91.2 cm³/mol. The van der Waals surface area contributed by atoms with Gasteiger partial charge in [0.25, 0.3) is 0 Å². The van der Waals surface area contributed by atoms with Crippen LogP contribution >= 0.6 is 27.5 Å². The van der Waals surface area contributed by atoms with Crippen molar-refractivity contribution in [1.29, 1.82) is 0 Å². The SMILES string of the molecule is COc1cc(Br)c(S(=O)(=O)Oc2ccc(Cl)c(C)c2)cc1OC. The molecule has 0 radical (unpaired) electrons. The second-order valence-corrected chi connectivity index (χ2v) is 7.36. The van der Waals surface area contributed by atoms with Gasteiger partial charge in [-0.25, -0.2) is 0 Å². The lowest BCUT2D eigenvalue weighted by atomic mass is 10.2. The van der Waals surface area contributed by atoms with Gasteiger partial charge in [0.15, 0.2) is 11.5 Å². The van der Waals surface area contributed by atoms with Crippen molar-refractivity contribution >= 4 is 37.6 Å². The first-order chi connectivity index (χ1) is 10.8. The van der Waals surface area contributed by atoms with Crippen LogP contribution in [-0.2, 0) is 10.1 Å². The summed E-state index contributed by atoms with van der Waals surface area (Å²) in [6, 6.07) is 7.45. The largest absolute Gasteiger partial charge is 0.493 e. The van der Waals surface area contributed by atoms with Crippen LogP contribution in [0.1, 0.15) is 5.56 Å². The highest BCUT2D eigenvalue weighted by Gasteiger charge is 2.23. The zero-order valence-corrected chi connectivity index (χ0v) is 15.8. The summed E-state index contributed by atoms with van der Waals surface area (Å²) in [5.41, 5.74) is 0.714. The molecule has 0 amide bonds. The van der Waals surface area contributed by atoms with Crippen molar-refractivity contribution in [2.24, 2.45) is 0 Å². The Labute approximate surface area is 148 Å². The summed E-state index contributed by atoms with van der Waals surface area (Å²) < 4.78 is 40.7. The topological polar surface area (TPSA) is 61.8 Å². The maximum atomic E-state index is 12.5. The zero-order valence-electron chi connectivity index (χ0n) is 12.6. The summed E-state index contributed by atoms with van der Waals surface area (Å²) in [5, 5.41) is 0.530. The molecule has 2 rings (SSSR count). The third kappa shape index (κ3) is 3.91. The molecule has 5 nitrogen and oxygen atoms in total. The summed E-state index contributed by atoms with van der Waals surface area (Å²) in [6.07, 6.45) is 0.